The lowest BCUT2D eigenvalue weighted by Gasteiger charge is -2.39. The van der Waals surface area contributed by atoms with Gasteiger partial charge < -0.3 is 19.5 Å². The number of nitrogens with one attached hydrogen (secondary N) is 1. The molecule has 0 radical (unpaired) electrons. The van der Waals surface area contributed by atoms with E-state index < -0.39 is 11.9 Å². The van der Waals surface area contributed by atoms with Crippen LogP contribution in [0.15, 0.2) is 53.4 Å². The molecule has 1 aliphatic carbocycles. The number of esters is 1. The molecule has 1 aromatic carbocycles. The molecule has 1 heterocycles. The maximum absolute atomic E-state index is 13.3. The van der Waals surface area contributed by atoms with Crippen LogP contribution in [0, 0.1) is 5.41 Å². The highest BCUT2D eigenvalue weighted by Gasteiger charge is 2.44. The molecule has 1 aromatic rings. The molecule has 3 rings (SSSR count). The number of dihydropyridines is 1. The summed E-state index contributed by atoms with van der Waals surface area (Å²) in [5, 5.41) is 3.32. The second kappa shape index (κ2) is 8.38. The molecule has 0 saturated heterocycles. The lowest BCUT2D eigenvalue weighted by atomic mass is 9.68. The summed E-state index contributed by atoms with van der Waals surface area (Å²) in [6.45, 7) is 9.68. The van der Waals surface area contributed by atoms with E-state index in [0.29, 0.717) is 46.7 Å². The molecule has 1 aliphatic heterocycles. The standard InChI is InChI=1S/C24H29NO5/c1-7-11-30-23(27)19-14(2)25-16-12-24(3,4)13-17(26)21(16)20(19)15-9-8-10-18(28-5)22(15)29-6/h7-10,20,25H,1,11-13H2,2-6H3/t20-/m1/s1. The predicted molar refractivity (Wildman–Crippen MR) is 114 cm³/mol. The Balaban J connectivity index is 2.25. The van der Waals surface area contributed by atoms with Crippen LogP contribution >= 0.6 is 0 Å². The number of hydrogen-bond acceptors (Lipinski definition) is 6. The molecule has 0 bridgehead atoms. The van der Waals surface area contributed by atoms with Crippen molar-refractivity contribution in [1.29, 1.82) is 0 Å². The highest BCUT2D eigenvalue weighted by molar-refractivity contribution is 6.04. The SMILES string of the molecule is C=CCOC(=O)C1=C(C)NC2=C(C(=O)CC(C)(C)C2)[C@@H]1c1cccc(OC)c1OC. The molecule has 0 saturated carbocycles. The number of para-hydroxylation sites is 1. The third kappa shape index (κ3) is 3.86. The summed E-state index contributed by atoms with van der Waals surface area (Å²) in [5.41, 5.74) is 3.05. The van der Waals surface area contributed by atoms with Crippen LogP contribution in [0.2, 0.25) is 0 Å². The van der Waals surface area contributed by atoms with Crippen molar-refractivity contribution in [1.82, 2.24) is 5.32 Å². The van der Waals surface area contributed by atoms with E-state index in [1.165, 1.54) is 6.08 Å². The van der Waals surface area contributed by atoms with Crippen LogP contribution in [-0.2, 0) is 14.3 Å². The number of Topliss-reactive ketones (excluding diaryl/α,β-unsaturated/α-hetero) is 1. The molecule has 2 aliphatic rings. The molecular formula is C24H29NO5. The number of carbonyl (C=O) groups excluding carboxylic acids is 2. The summed E-state index contributed by atoms with van der Waals surface area (Å²) >= 11 is 0. The number of benzene rings is 1. The van der Waals surface area contributed by atoms with Crippen LogP contribution in [0.5, 0.6) is 11.5 Å². The van der Waals surface area contributed by atoms with E-state index in [1.807, 2.05) is 19.1 Å². The lowest BCUT2D eigenvalue weighted by molar-refractivity contribution is -0.138. The summed E-state index contributed by atoms with van der Waals surface area (Å²) in [4.78, 5) is 26.3. The normalized spacial score (nSPS) is 20.3. The molecular weight excluding hydrogens is 382 g/mol. The largest absolute Gasteiger partial charge is 0.493 e. The van der Waals surface area contributed by atoms with Gasteiger partial charge in [-0.05, 0) is 24.8 Å². The van der Waals surface area contributed by atoms with Gasteiger partial charge in [-0.1, -0.05) is 38.6 Å². The Hall–Kier alpha value is -3.02. The minimum atomic E-state index is -0.604. The van der Waals surface area contributed by atoms with Gasteiger partial charge in [-0.3, -0.25) is 4.79 Å². The highest BCUT2D eigenvalue weighted by Crippen LogP contribution is 2.50. The molecule has 160 valence electrons. The number of allylic oxidation sites excluding steroid dienone is 3. The van der Waals surface area contributed by atoms with Crippen molar-refractivity contribution in [3.05, 3.63) is 59.0 Å². The third-order valence-corrected chi connectivity index (χ3v) is 5.54. The van der Waals surface area contributed by atoms with E-state index >= 15 is 0 Å². The Kier molecular flexibility index (Phi) is 6.06. The number of methoxy groups -OCH3 is 2. The van der Waals surface area contributed by atoms with Gasteiger partial charge in [0.25, 0.3) is 0 Å². The van der Waals surface area contributed by atoms with Crippen molar-refractivity contribution in [2.24, 2.45) is 5.41 Å². The van der Waals surface area contributed by atoms with Gasteiger partial charge in [-0.25, -0.2) is 4.79 Å². The summed E-state index contributed by atoms with van der Waals surface area (Å²) < 4.78 is 16.5. The van der Waals surface area contributed by atoms with Gasteiger partial charge in [0.2, 0.25) is 0 Å². The van der Waals surface area contributed by atoms with Crippen molar-refractivity contribution < 1.29 is 23.8 Å². The first kappa shape index (κ1) is 21.7. The minimum absolute atomic E-state index is 0.0187. The van der Waals surface area contributed by atoms with Crippen molar-refractivity contribution in [2.75, 3.05) is 20.8 Å². The van der Waals surface area contributed by atoms with E-state index in [2.05, 4.69) is 25.7 Å². The molecule has 0 aromatic heterocycles. The number of ketones is 1. The Labute approximate surface area is 177 Å². The molecule has 30 heavy (non-hydrogen) atoms. The Bertz CT molecular complexity index is 954. The van der Waals surface area contributed by atoms with E-state index in [4.69, 9.17) is 14.2 Å². The van der Waals surface area contributed by atoms with Crippen molar-refractivity contribution >= 4 is 11.8 Å². The zero-order valence-corrected chi connectivity index (χ0v) is 18.3. The van der Waals surface area contributed by atoms with Gasteiger partial charge in [-0.15, -0.1) is 0 Å². The maximum atomic E-state index is 13.3. The van der Waals surface area contributed by atoms with Gasteiger partial charge in [0.1, 0.15) is 6.61 Å². The lowest BCUT2D eigenvalue weighted by Crippen LogP contribution is -2.38. The molecule has 0 amide bonds. The topological polar surface area (TPSA) is 73.9 Å². The number of rotatable bonds is 6. The van der Waals surface area contributed by atoms with E-state index in [0.717, 1.165) is 5.70 Å². The van der Waals surface area contributed by atoms with E-state index in [1.54, 1.807) is 20.3 Å². The number of ether oxygens (including phenoxy) is 3. The zero-order chi connectivity index (χ0) is 22.1. The Morgan fingerprint density at radius 2 is 2.00 bits per heavy atom. The van der Waals surface area contributed by atoms with E-state index in [-0.39, 0.29) is 17.8 Å². The number of carbonyl (C=O) groups is 2. The summed E-state index contributed by atoms with van der Waals surface area (Å²) in [7, 11) is 3.11. The van der Waals surface area contributed by atoms with E-state index in [9.17, 15) is 9.59 Å². The summed E-state index contributed by atoms with van der Waals surface area (Å²) in [6, 6.07) is 5.48. The fourth-order valence-electron chi connectivity index (χ4n) is 4.37. The fourth-order valence-corrected chi connectivity index (χ4v) is 4.37. The quantitative estimate of drug-likeness (QED) is 0.563. The van der Waals surface area contributed by atoms with Gasteiger partial charge in [0, 0.05) is 29.0 Å². The van der Waals surface area contributed by atoms with Crippen LogP contribution in [0.1, 0.15) is 45.1 Å². The molecule has 0 fully saturated rings. The smallest absolute Gasteiger partial charge is 0.337 e. The highest BCUT2D eigenvalue weighted by atomic mass is 16.5. The first-order chi connectivity index (χ1) is 14.2. The van der Waals surface area contributed by atoms with Gasteiger partial charge in [0.05, 0.1) is 25.7 Å². The van der Waals surface area contributed by atoms with Crippen LogP contribution in [0.4, 0.5) is 0 Å². The average Bonchev–Trinajstić information content (AvgIpc) is 2.69. The molecule has 1 atom stereocenters. The zero-order valence-electron chi connectivity index (χ0n) is 18.3. The van der Waals surface area contributed by atoms with Crippen LogP contribution in [0.25, 0.3) is 0 Å². The van der Waals surface area contributed by atoms with Crippen LogP contribution in [-0.4, -0.2) is 32.6 Å². The maximum Gasteiger partial charge on any atom is 0.337 e. The molecule has 0 unspecified atom stereocenters. The predicted octanol–water partition coefficient (Wildman–Crippen LogP) is 4.04. The molecule has 0 spiro atoms. The van der Waals surface area contributed by atoms with Gasteiger partial charge in [-0.2, -0.15) is 0 Å². The monoisotopic (exact) mass is 411 g/mol. The Morgan fingerprint density at radius 1 is 1.27 bits per heavy atom. The second-order valence-electron chi connectivity index (χ2n) is 8.40. The number of hydrogen-bond donors (Lipinski definition) is 1. The first-order valence-electron chi connectivity index (χ1n) is 9.97. The third-order valence-electron chi connectivity index (χ3n) is 5.54. The second-order valence-corrected chi connectivity index (χ2v) is 8.40. The summed E-state index contributed by atoms with van der Waals surface area (Å²) in [5.74, 6) is -0.0368. The van der Waals surface area contributed by atoms with Crippen LogP contribution < -0.4 is 14.8 Å². The van der Waals surface area contributed by atoms with Gasteiger partial charge >= 0.3 is 5.97 Å². The molecule has 1 N–H and O–H groups in total. The average molecular weight is 411 g/mol. The summed E-state index contributed by atoms with van der Waals surface area (Å²) in [6.07, 6.45) is 2.64. The fraction of sp³-hybridized carbons (Fsp3) is 0.417. The van der Waals surface area contributed by atoms with Crippen molar-refractivity contribution in [2.45, 2.75) is 39.5 Å². The van der Waals surface area contributed by atoms with Gasteiger partial charge in [0.15, 0.2) is 17.3 Å². The molecule has 6 heteroatoms. The molecule has 6 nitrogen and oxygen atoms in total. The van der Waals surface area contributed by atoms with Crippen molar-refractivity contribution in [3.63, 3.8) is 0 Å². The first-order valence-corrected chi connectivity index (χ1v) is 9.97. The minimum Gasteiger partial charge on any atom is -0.493 e. The Morgan fingerprint density at radius 3 is 2.63 bits per heavy atom. The van der Waals surface area contributed by atoms with Crippen LogP contribution in [0.3, 0.4) is 0 Å². The van der Waals surface area contributed by atoms with Crippen molar-refractivity contribution in [3.8, 4) is 11.5 Å².